The van der Waals surface area contributed by atoms with Crippen molar-refractivity contribution in [3.05, 3.63) is 12.7 Å². The summed E-state index contributed by atoms with van der Waals surface area (Å²) in [5.74, 6) is 0. The van der Waals surface area contributed by atoms with Crippen LogP contribution in [-0.2, 0) is 0 Å². The van der Waals surface area contributed by atoms with Crippen molar-refractivity contribution in [3.63, 3.8) is 0 Å². The maximum Gasteiger partial charge on any atom is 0.0574 e. The van der Waals surface area contributed by atoms with Crippen molar-refractivity contribution in [2.75, 3.05) is 0 Å². The minimum Gasteiger partial charge on any atom is -0.393 e. The first-order valence-corrected chi connectivity index (χ1v) is 7.10. The number of rotatable bonds is 12. The highest BCUT2D eigenvalue weighted by atomic mass is 16.3. The van der Waals surface area contributed by atoms with Gasteiger partial charge in [-0.1, -0.05) is 70.8 Å². The zero-order valence-electron chi connectivity index (χ0n) is 11.1. The van der Waals surface area contributed by atoms with Gasteiger partial charge >= 0.3 is 0 Å². The molecule has 0 aromatic carbocycles. The van der Waals surface area contributed by atoms with Crippen molar-refractivity contribution >= 4 is 0 Å². The van der Waals surface area contributed by atoms with Crippen molar-refractivity contribution in [1.29, 1.82) is 0 Å². The van der Waals surface area contributed by atoms with E-state index in [4.69, 9.17) is 0 Å². The van der Waals surface area contributed by atoms with E-state index in [1.807, 2.05) is 0 Å². The minimum atomic E-state index is -0.151. The van der Waals surface area contributed by atoms with E-state index in [-0.39, 0.29) is 6.10 Å². The molecule has 0 aromatic heterocycles. The van der Waals surface area contributed by atoms with Crippen LogP contribution in [-0.4, -0.2) is 11.2 Å². The zero-order chi connectivity index (χ0) is 12.1. The molecule has 0 aliphatic heterocycles. The standard InChI is InChI=1S/C15H30O/c1-3-5-6-7-8-9-10-11-12-14-15(16)13-4-2/h4,15-16H,2-3,5-14H2,1H3/t15-/m0/s1. The van der Waals surface area contributed by atoms with Crippen LogP contribution < -0.4 is 0 Å². The van der Waals surface area contributed by atoms with Gasteiger partial charge in [-0.2, -0.15) is 0 Å². The van der Waals surface area contributed by atoms with Crippen molar-refractivity contribution in [2.24, 2.45) is 0 Å². The summed E-state index contributed by atoms with van der Waals surface area (Å²) in [5, 5.41) is 9.48. The van der Waals surface area contributed by atoms with Crippen LogP contribution in [0.15, 0.2) is 12.7 Å². The monoisotopic (exact) mass is 226 g/mol. The third kappa shape index (κ3) is 11.8. The molecule has 0 aliphatic rings. The van der Waals surface area contributed by atoms with E-state index in [1.165, 1.54) is 57.8 Å². The Kier molecular flexibility index (Phi) is 12.5. The highest BCUT2D eigenvalue weighted by molar-refractivity contribution is 4.71. The molecule has 16 heavy (non-hydrogen) atoms. The van der Waals surface area contributed by atoms with Crippen LogP contribution in [0.2, 0.25) is 0 Å². The quantitative estimate of drug-likeness (QED) is 0.373. The molecule has 0 amide bonds. The Labute approximate surface area is 102 Å². The summed E-state index contributed by atoms with van der Waals surface area (Å²) in [6, 6.07) is 0. The Morgan fingerprint density at radius 1 is 0.938 bits per heavy atom. The first-order valence-electron chi connectivity index (χ1n) is 7.10. The zero-order valence-corrected chi connectivity index (χ0v) is 11.1. The molecule has 1 nitrogen and oxygen atoms in total. The number of aliphatic hydroxyl groups excluding tert-OH is 1. The lowest BCUT2D eigenvalue weighted by Crippen LogP contribution is -2.03. The molecule has 1 atom stereocenters. The Balaban J connectivity index is 3.00. The molecular weight excluding hydrogens is 196 g/mol. The largest absolute Gasteiger partial charge is 0.393 e. The van der Waals surface area contributed by atoms with Gasteiger partial charge in [0.05, 0.1) is 6.10 Å². The lowest BCUT2D eigenvalue weighted by molar-refractivity contribution is 0.164. The van der Waals surface area contributed by atoms with E-state index in [0.29, 0.717) is 0 Å². The lowest BCUT2D eigenvalue weighted by Gasteiger charge is -2.07. The van der Waals surface area contributed by atoms with Gasteiger partial charge in [0.2, 0.25) is 0 Å². The second-order valence-corrected chi connectivity index (χ2v) is 4.80. The predicted octanol–water partition coefficient (Wildman–Crippen LogP) is 4.84. The first-order chi connectivity index (χ1) is 7.81. The summed E-state index contributed by atoms with van der Waals surface area (Å²) < 4.78 is 0. The molecule has 0 rings (SSSR count). The van der Waals surface area contributed by atoms with Crippen LogP contribution in [0.1, 0.15) is 77.6 Å². The average Bonchev–Trinajstić information content (AvgIpc) is 2.27. The normalized spacial score (nSPS) is 12.6. The van der Waals surface area contributed by atoms with E-state index in [1.54, 1.807) is 6.08 Å². The molecular formula is C15H30O. The maximum absolute atomic E-state index is 9.48. The molecule has 0 aliphatic carbocycles. The van der Waals surface area contributed by atoms with E-state index in [0.717, 1.165) is 12.8 Å². The summed E-state index contributed by atoms with van der Waals surface area (Å²) in [6.07, 6.45) is 15.5. The van der Waals surface area contributed by atoms with Crippen LogP contribution in [0.4, 0.5) is 0 Å². The maximum atomic E-state index is 9.48. The summed E-state index contributed by atoms with van der Waals surface area (Å²) >= 11 is 0. The molecule has 1 N–H and O–H groups in total. The third-order valence-electron chi connectivity index (χ3n) is 3.08. The highest BCUT2D eigenvalue weighted by Gasteiger charge is 2.00. The predicted molar refractivity (Wildman–Crippen MR) is 72.7 cm³/mol. The Hall–Kier alpha value is -0.300. The van der Waals surface area contributed by atoms with E-state index < -0.39 is 0 Å². The topological polar surface area (TPSA) is 20.2 Å². The van der Waals surface area contributed by atoms with E-state index in [2.05, 4.69) is 13.5 Å². The van der Waals surface area contributed by atoms with Gasteiger partial charge in [-0.05, 0) is 12.8 Å². The molecule has 0 heterocycles. The van der Waals surface area contributed by atoms with Crippen molar-refractivity contribution in [2.45, 2.75) is 83.7 Å². The Bertz CT molecular complexity index is 142. The molecule has 0 saturated carbocycles. The van der Waals surface area contributed by atoms with Gasteiger partial charge in [-0.25, -0.2) is 0 Å². The van der Waals surface area contributed by atoms with Gasteiger partial charge in [0.15, 0.2) is 0 Å². The van der Waals surface area contributed by atoms with Gasteiger partial charge in [-0.15, -0.1) is 6.58 Å². The second-order valence-electron chi connectivity index (χ2n) is 4.80. The van der Waals surface area contributed by atoms with E-state index in [9.17, 15) is 5.11 Å². The van der Waals surface area contributed by atoms with Gasteiger partial charge in [0.25, 0.3) is 0 Å². The second kappa shape index (κ2) is 12.8. The highest BCUT2D eigenvalue weighted by Crippen LogP contribution is 2.12. The van der Waals surface area contributed by atoms with Crippen molar-refractivity contribution in [3.8, 4) is 0 Å². The summed E-state index contributed by atoms with van der Waals surface area (Å²) in [7, 11) is 0. The number of hydrogen-bond donors (Lipinski definition) is 1. The summed E-state index contributed by atoms with van der Waals surface area (Å²) in [4.78, 5) is 0. The molecule has 0 spiro atoms. The van der Waals surface area contributed by atoms with Gasteiger partial charge in [0.1, 0.15) is 0 Å². The fourth-order valence-corrected chi connectivity index (χ4v) is 2.00. The number of aliphatic hydroxyl groups is 1. The van der Waals surface area contributed by atoms with Gasteiger partial charge < -0.3 is 5.11 Å². The van der Waals surface area contributed by atoms with Crippen LogP contribution in [0.25, 0.3) is 0 Å². The Morgan fingerprint density at radius 3 is 1.94 bits per heavy atom. The van der Waals surface area contributed by atoms with Crippen molar-refractivity contribution < 1.29 is 5.11 Å². The van der Waals surface area contributed by atoms with Crippen molar-refractivity contribution in [1.82, 2.24) is 0 Å². The molecule has 0 saturated heterocycles. The number of hydrogen-bond acceptors (Lipinski definition) is 1. The Morgan fingerprint density at radius 2 is 1.44 bits per heavy atom. The third-order valence-corrected chi connectivity index (χ3v) is 3.08. The van der Waals surface area contributed by atoms with Crippen LogP contribution in [0.3, 0.4) is 0 Å². The van der Waals surface area contributed by atoms with Crippen LogP contribution in [0.5, 0.6) is 0 Å². The minimum absolute atomic E-state index is 0.151. The molecule has 0 radical (unpaired) electrons. The smallest absolute Gasteiger partial charge is 0.0574 e. The van der Waals surface area contributed by atoms with Crippen LogP contribution >= 0.6 is 0 Å². The first kappa shape index (κ1) is 15.7. The fraction of sp³-hybridized carbons (Fsp3) is 0.867. The van der Waals surface area contributed by atoms with Gasteiger partial charge in [0, 0.05) is 0 Å². The molecule has 0 fully saturated rings. The molecule has 0 aromatic rings. The van der Waals surface area contributed by atoms with Gasteiger partial charge in [-0.3, -0.25) is 0 Å². The lowest BCUT2D eigenvalue weighted by atomic mass is 10.0. The SMILES string of the molecule is C=CC[C@H](O)CCCCCCCCCCC. The number of unbranched alkanes of at least 4 members (excludes halogenated alkanes) is 8. The summed E-state index contributed by atoms with van der Waals surface area (Å²) in [5.41, 5.74) is 0. The molecule has 1 heteroatoms. The van der Waals surface area contributed by atoms with E-state index >= 15 is 0 Å². The molecule has 0 bridgehead atoms. The van der Waals surface area contributed by atoms with Crippen LogP contribution in [0, 0.1) is 0 Å². The molecule has 96 valence electrons. The fourth-order valence-electron chi connectivity index (χ4n) is 2.00. The average molecular weight is 226 g/mol. The molecule has 0 unspecified atom stereocenters. The summed E-state index contributed by atoms with van der Waals surface area (Å²) in [6.45, 7) is 5.89.